The van der Waals surface area contributed by atoms with Crippen molar-refractivity contribution < 1.29 is 22.9 Å². The molecule has 0 saturated heterocycles. The van der Waals surface area contributed by atoms with Crippen LogP contribution in [0.3, 0.4) is 0 Å². The lowest BCUT2D eigenvalue weighted by Crippen LogP contribution is -2.32. The monoisotopic (exact) mass is 541 g/mol. The van der Waals surface area contributed by atoms with Crippen LogP contribution in [0.1, 0.15) is 28.0 Å². The van der Waals surface area contributed by atoms with Gasteiger partial charge in [0.15, 0.2) is 4.90 Å². The first-order valence-electron chi connectivity index (χ1n) is 11.4. The maximum atomic E-state index is 13.1. The first kappa shape index (κ1) is 26.2. The molecule has 37 heavy (non-hydrogen) atoms. The highest BCUT2D eigenvalue weighted by molar-refractivity contribution is 7.90. The lowest BCUT2D eigenvalue weighted by atomic mass is 10.1. The van der Waals surface area contributed by atoms with Gasteiger partial charge in [-0.1, -0.05) is 41.9 Å². The van der Waals surface area contributed by atoms with Gasteiger partial charge in [-0.3, -0.25) is 14.9 Å². The minimum absolute atomic E-state index is 0.113. The molecule has 0 spiro atoms. The zero-order chi connectivity index (χ0) is 26.7. The Hall–Kier alpha value is -3.89. The average molecular weight is 542 g/mol. The Kier molecular flexibility index (Phi) is 7.51. The molecular weight excluding hydrogens is 518 g/mol. The number of rotatable bonds is 9. The molecule has 0 saturated carbocycles. The quantitative estimate of drug-likeness (QED) is 0.172. The number of ether oxygens (including phenoxy) is 1. The van der Waals surface area contributed by atoms with Gasteiger partial charge in [0.2, 0.25) is 0 Å². The summed E-state index contributed by atoms with van der Waals surface area (Å²) in [4.78, 5) is 23.1. The van der Waals surface area contributed by atoms with E-state index in [0.717, 1.165) is 34.2 Å². The van der Waals surface area contributed by atoms with Crippen LogP contribution in [0.2, 0.25) is 5.02 Å². The number of para-hydroxylation sites is 2. The summed E-state index contributed by atoms with van der Waals surface area (Å²) in [5.74, 6) is -0.204. The number of nitrogens with one attached hydrogen (secondary N) is 1. The fourth-order valence-electron chi connectivity index (χ4n) is 4.11. The number of carbonyl (C=O) groups excluding carboxylic acids is 1. The molecule has 4 aromatic rings. The minimum Gasteiger partial charge on any atom is -0.494 e. The highest BCUT2D eigenvalue weighted by Crippen LogP contribution is 2.27. The van der Waals surface area contributed by atoms with Crippen molar-refractivity contribution in [1.82, 2.24) is 9.29 Å². The number of benzene rings is 3. The van der Waals surface area contributed by atoms with Crippen molar-refractivity contribution in [3.05, 3.63) is 98.7 Å². The molecule has 11 heteroatoms. The third kappa shape index (κ3) is 5.60. The van der Waals surface area contributed by atoms with Gasteiger partial charge >= 0.3 is 0 Å². The Morgan fingerprint density at radius 2 is 1.70 bits per heavy atom. The molecule has 1 N–H and O–H groups in total. The van der Waals surface area contributed by atoms with Crippen molar-refractivity contribution in [2.24, 2.45) is 0 Å². The minimum atomic E-state index is -4.50. The van der Waals surface area contributed by atoms with Crippen LogP contribution in [0.25, 0.3) is 10.9 Å². The fraction of sp³-hybridized carbons (Fsp3) is 0.192. The van der Waals surface area contributed by atoms with Gasteiger partial charge in [-0.25, -0.2) is 13.1 Å². The summed E-state index contributed by atoms with van der Waals surface area (Å²) in [6.07, 6.45) is 0.524. The van der Waals surface area contributed by atoms with Crippen LogP contribution in [0.15, 0.2) is 71.6 Å². The zero-order valence-electron chi connectivity index (χ0n) is 20.1. The molecule has 0 aliphatic carbocycles. The molecule has 0 radical (unpaired) electrons. The second kappa shape index (κ2) is 10.6. The summed E-state index contributed by atoms with van der Waals surface area (Å²) in [5, 5.41) is 12.7. The third-order valence-corrected chi connectivity index (χ3v) is 7.80. The lowest BCUT2D eigenvalue weighted by Gasteiger charge is -2.13. The highest BCUT2D eigenvalue weighted by atomic mass is 35.5. The fourth-order valence-corrected chi connectivity index (χ4v) is 5.35. The number of sulfonamides is 1. The van der Waals surface area contributed by atoms with Gasteiger partial charge in [0.1, 0.15) is 11.4 Å². The molecule has 9 nitrogen and oxygen atoms in total. The van der Waals surface area contributed by atoms with Crippen molar-refractivity contribution in [1.29, 1.82) is 0 Å². The second-order valence-corrected chi connectivity index (χ2v) is 10.5. The summed E-state index contributed by atoms with van der Waals surface area (Å²) in [7, 11) is -4.50. The van der Waals surface area contributed by atoms with Gasteiger partial charge < -0.3 is 9.30 Å². The molecular formula is C26H24ClN3O6S. The van der Waals surface area contributed by atoms with E-state index in [1.54, 1.807) is 10.6 Å². The predicted octanol–water partition coefficient (Wildman–Crippen LogP) is 5.41. The molecule has 1 amide bonds. The number of nitro benzene ring substituents is 1. The standard InChI is InChI=1S/C26H24ClN3O6S/c1-17-14-20(15-18(2)25(17)27)36-13-7-12-29-21-9-4-3-8-19(21)16-23(29)26(31)28-37(34,35)24-11-6-5-10-22(24)30(32)33/h3-6,8-11,14-16H,7,12-13H2,1-2H3,(H,28,31). The van der Waals surface area contributed by atoms with Gasteiger partial charge in [-0.2, -0.15) is 0 Å². The Bertz CT molecular complexity index is 1590. The van der Waals surface area contributed by atoms with Crippen LogP contribution >= 0.6 is 11.6 Å². The van der Waals surface area contributed by atoms with Gasteiger partial charge in [0.25, 0.3) is 21.6 Å². The largest absolute Gasteiger partial charge is 0.494 e. The number of nitro groups is 1. The molecule has 0 unspecified atom stereocenters. The van der Waals surface area contributed by atoms with Crippen LogP contribution in [0, 0.1) is 24.0 Å². The third-order valence-electron chi connectivity index (χ3n) is 5.83. The number of halogens is 1. The number of carbonyl (C=O) groups is 1. The van der Waals surface area contributed by atoms with E-state index < -0.39 is 31.4 Å². The van der Waals surface area contributed by atoms with Gasteiger partial charge in [-0.05, 0) is 61.7 Å². The number of amides is 1. The van der Waals surface area contributed by atoms with Crippen molar-refractivity contribution >= 4 is 44.1 Å². The summed E-state index contributed by atoms with van der Waals surface area (Å²) < 4.78 is 35.3. The van der Waals surface area contributed by atoms with Crippen molar-refractivity contribution in [3.8, 4) is 5.75 Å². The van der Waals surface area contributed by atoms with Crippen LogP contribution < -0.4 is 9.46 Å². The first-order valence-corrected chi connectivity index (χ1v) is 13.2. The summed E-state index contributed by atoms with van der Waals surface area (Å²) in [5.41, 5.74) is 2.06. The molecule has 192 valence electrons. The van der Waals surface area contributed by atoms with E-state index in [1.165, 1.54) is 12.1 Å². The van der Waals surface area contributed by atoms with Crippen LogP contribution in [0.5, 0.6) is 5.75 Å². The normalized spacial score (nSPS) is 11.4. The molecule has 0 aliphatic heterocycles. The smallest absolute Gasteiger partial charge is 0.289 e. The average Bonchev–Trinajstić information content (AvgIpc) is 3.23. The Balaban J connectivity index is 1.55. The molecule has 0 aliphatic rings. The maximum absolute atomic E-state index is 13.1. The number of hydrogen-bond donors (Lipinski definition) is 1. The number of aryl methyl sites for hydroxylation is 3. The number of aromatic nitrogens is 1. The van der Waals surface area contributed by atoms with Crippen LogP contribution in [-0.2, 0) is 16.6 Å². The van der Waals surface area contributed by atoms with Crippen LogP contribution in [0.4, 0.5) is 5.69 Å². The van der Waals surface area contributed by atoms with Gasteiger partial charge in [-0.15, -0.1) is 0 Å². The molecule has 4 rings (SSSR count). The summed E-state index contributed by atoms with van der Waals surface area (Å²) >= 11 is 6.22. The van der Waals surface area contributed by atoms with E-state index in [-0.39, 0.29) is 5.69 Å². The Labute approximate surface area is 218 Å². The summed E-state index contributed by atoms with van der Waals surface area (Å²) in [6.45, 7) is 4.52. The van der Waals surface area contributed by atoms with E-state index in [0.29, 0.717) is 30.3 Å². The SMILES string of the molecule is Cc1cc(OCCCn2c(C(=O)NS(=O)(=O)c3ccccc3[N+](=O)[O-])cc3ccccc32)cc(C)c1Cl. The molecule has 0 atom stereocenters. The van der Waals surface area contributed by atoms with E-state index in [2.05, 4.69) is 0 Å². The first-order chi connectivity index (χ1) is 17.6. The van der Waals surface area contributed by atoms with E-state index >= 15 is 0 Å². The number of fused-ring (bicyclic) bond motifs is 1. The molecule has 0 bridgehead atoms. The highest BCUT2D eigenvalue weighted by Gasteiger charge is 2.28. The number of hydrogen-bond acceptors (Lipinski definition) is 6. The van der Waals surface area contributed by atoms with Crippen molar-refractivity contribution in [3.63, 3.8) is 0 Å². The van der Waals surface area contributed by atoms with Crippen molar-refractivity contribution in [2.45, 2.75) is 31.7 Å². The van der Waals surface area contributed by atoms with Crippen LogP contribution in [-0.4, -0.2) is 30.4 Å². The summed E-state index contributed by atoms with van der Waals surface area (Å²) in [6, 6.07) is 17.4. The topological polar surface area (TPSA) is 121 Å². The molecule has 1 aromatic heterocycles. The van der Waals surface area contributed by atoms with E-state index in [4.69, 9.17) is 16.3 Å². The van der Waals surface area contributed by atoms with Gasteiger partial charge in [0, 0.05) is 28.5 Å². The Morgan fingerprint density at radius 3 is 2.41 bits per heavy atom. The zero-order valence-corrected chi connectivity index (χ0v) is 21.7. The van der Waals surface area contributed by atoms with Gasteiger partial charge in [0.05, 0.1) is 11.5 Å². The Morgan fingerprint density at radius 1 is 1.05 bits per heavy atom. The second-order valence-electron chi connectivity index (χ2n) is 8.47. The maximum Gasteiger partial charge on any atom is 0.289 e. The van der Waals surface area contributed by atoms with E-state index in [1.807, 2.05) is 55.0 Å². The number of nitrogens with zero attached hydrogens (tertiary/aromatic N) is 2. The molecule has 3 aromatic carbocycles. The molecule has 0 fully saturated rings. The van der Waals surface area contributed by atoms with E-state index in [9.17, 15) is 23.3 Å². The molecule has 1 heterocycles. The predicted molar refractivity (Wildman–Crippen MR) is 141 cm³/mol. The van der Waals surface area contributed by atoms with Crippen molar-refractivity contribution in [2.75, 3.05) is 6.61 Å². The lowest BCUT2D eigenvalue weighted by molar-refractivity contribution is -0.387.